The molecule has 0 aliphatic carbocycles. The SMILES string of the molecule is CC(=O)C(C#N)=C(O)Cc1cccc(Cl)c1. The highest BCUT2D eigenvalue weighted by Gasteiger charge is 2.10. The van der Waals surface area contributed by atoms with Crippen LogP contribution >= 0.6 is 11.6 Å². The molecule has 4 heteroatoms. The zero-order chi connectivity index (χ0) is 12.1. The van der Waals surface area contributed by atoms with Gasteiger partial charge in [-0.25, -0.2) is 0 Å². The second kappa shape index (κ2) is 5.34. The summed E-state index contributed by atoms with van der Waals surface area (Å²) in [6, 6.07) is 8.57. The van der Waals surface area contributed by atoms with Gasteiger partial charge in [-0.05, 0) is 24.6 Å². The molecule has 0 heterocycles. The molecule has 0 amide bonds. The molecule has 0 unspecified atom stereocenters. The van der Waals surface area contributed by atoms with Gasteiger partial charge >= 0.3 is 0 Å². The molecule has 0 saturated carbocycles. The summed E-state index contributed by atoms with van der Waals surface area (Å²) in [6.07, 6.45) is 0.128. The number of ketones is 1. The van der Waals surface area contributed by atoms with Crippen LogP contribution in [0.2, 0.25) is 5.02 Å². The second-order valence-electron chi connectivity index (χ2n) is 3.30. The molecular formula is C12H10ClNO2. The fourth-order valence-corrected chi connectivity index (χ4v) is 1.49. The van der Waals surface area contributed by atoms with Crippen molar-refractivity contribution in [1.82, 2.24) is 0 Å². The van der Waals surface area contributed by atoms with E-state index in [0.717, 1.165) is 5.56 Å². The Labute approximate surface area is 98.6 Å². The van der Waals surface area contributed by atoms with Gasteiger partial charge in [0, 0.05) is 11.4 Å². The van der Waals surface area contributed by atoms with Crippen molar-refractivity contribution in [1.29, 1.82) is 5.26 Å². The zero-order valence-corrected chi connectivity index (χ0v) is 9.45. The first-order chi connectivity index (χ1) is 7.54. The molecule has 0 radical (unpaired) electrons. The van der Waals surface area contributed by atoms with Crippen LogP contribution in [0.15, 0.2) is 35.6 Å². The van der Waals surface area contributed by atoms with Crippen LogP contribution in [0.3, 0.4) is 0 Å². The summed E-state index contributed by atoms with van der Waals surface area (Å²) in [5.74, 6) is -0.667. The van der Waals surface area contributed by atoms with Gasteiger partial charge in [-0.3, -0.25) is 4.79 Å². The summed E-state index contributed by atoms with van der Waals surface area (Å²) in [4.78, 5) is 11.0. The minimum Gasteiger partial charge on any atom is -0.510 e. The van der Waals surface area contributed by atoms with E-state index in [0.29, 0.717) is 5.02 Å². The summed E-state index contributed by atoms with van der Waals surface area (Å²) in [6.45, 7) is 1.24. The maximum Gasteiger partial charge on any atom is 0.173 e. The van der Waals surface area contributed by atoms with Crippen LogP contribution in [0.5, 0.6) is 0 Å². The predicted octanol–water partition coefficient (Wildman–Crippen LogP) is 2.81. The molecular weight excluding hydrogens is 226 g/mol. The molecule has 0 saturated heterocycles. The van der Waals surface area contributed by atoms with Gasteiger partial charge in [0.1, 0.15) is 17.4 Å². The van der Waals surface area contributed by atoms with Crippen LogP contribution in [0.4, 0.5) is 0 Å². The number of nitrogens with zero attached hydrogens (tertiary/aromatic N) is 1. The average Bonchev–Trinajstić information content (AvgIpc) is 2.17. The van der Waals surface area contributed by atoms with E-state index in [1.807, 2.05) is 0 Å². The minimum atomic E-state index is -0.443. The summed E-state index contributed by atoms with van der Waals surface area (Å²) >= 11 is 5.77. The van der Waals surface area contributed by atoms with Gasteiger partial charge in [0.25, 0.3) is 0 Å². The molecule has 0 aliphatic rings. The fraction of sp³-hybridized carbons (Fsp3) is 0.167. The van der Waals surface area contributed by atoms with Crippen molar-refractivity contribution < 1.29 is 9.90 Å². The maximum absolute atomic E-state index is 11.0. The Bertz CT molecular complexity index is 486. The monoisotopic (exact) mass is 235 g/mol. The fourth-order valence-electron chi connectivity index (χ4n) is 1.28. The Kier molecular flexibility index (Phi) is 4.10. The Morgan fingerprint density at radius 2 is 2.25 bits per heavy atom. The first kappa shape index (κ1) is 12.3. The first-order valence-electron chi connectivity index (χ1n) is 4.62. The predicted molar refractivity (Wildman–Crippen MR) is 61.1 cm³/mol. The van der Waals surface area contributed by atoms with Crippen LogP contribution in [0.25, 0.3) is 0 Å². The number of aliphatic hydroxyl groups excluding tert-OH is 1. The number of carbonyl (C=O) groups excluding carboxylic acids is 1. The van der Waals surface area contributed by atoms with E-state index >= 15 is 0 Å². The largest absolute Gasteiger partial charge is 0.510 e. The molecule has 0 aromatic heterocycles. The molecule has 0 bridgehead atoms. The van der Waals surface area contributed by atoms with E-state index in [2.05, 4.69) is 0 Å². The van der Waals surface area contributed by atoms with E-state index < -0.39 is 5.78 Å². The van der Waals surface area contributed by atoms with Crippen LogP contribution in [-0.2, 0) is 11.2 Å². The topological polar surface area (TPSA) is 61.1 Å². The summed E-state index contributed by atoms with van der Waals surface area (Å²) < 4.78 is 0. The van der Waals surface area contributed by atoms with Crippen LogP contribution < -0.4 is 0 Å². The molecule has 0 spiro atoms. The van der Waals surface area contributed by atoms with Crippen molar-refractivity contribution in [2.45, 2.75) is 13.3 Å². The Hall–Kier alpha value is -1.79. The van der Waals surface area contributed by atoms with Crippen molar-refractivity contribution >= 4 is 17.4 Å². The third-order valence-corrected chi connectivity index (χ3v) is 2.25. The van der Waals surface area contributed by atoms with Gasteiger partial charge in [0.2, 0.25) is 0 Å². The van der Waals surface area contributed by atoms with Crippen LogP contribution in [-0.4, -0.2) is 10.9 Å². The Morgan fingerprint density at radius 3 is 2.75 bits per heavy atom. The number of hydrogen-bond acceptors (Lipinski definition) is 3. The standard InChI is InChI=1S/C12H10ClNO2/c1-8(15)11(7-14)12(16)6-9-3-2-4-10(13)5-9/h2-5,16H,6H2,1H3. The Morgan fingerprint density at radius 1 is 1.56 bits per heavy atom. The molecule has 0 aliphatic heterocycles. The van der Waals surface area contributed by atoms with Gasteiger partial charge in [0.05, 0.1) is 0 Å². The molecule has 82 valence electrons. The first-order valence-corrected chi connectivity index (χ1v) is 5.00. The quantitative estimate of drug-likeness (QED) is 0.498. The lowest BCUT2D eigenvalue weighted by molar-refractivity contribution is -0.113. The second-order valence-corrected chi connectivity index (χ2v) is 3.73. The van der Waals surface area contributed by atoms with Crippen LogP contribution in [0, 0.1) is 11.3 Å². The van der Waals surface area contributed by atoms with E-state index in [9.17, 15) is 9.90 Å². The van der Waals surface area contributed by atoms with Crippen molar-refractivity contribution in [3.05, 3.63) is 46.2 Å². The number of hydrogen-bond donors (Lipinski definition) is 1. The molecule has 1 rings (SSSR count). The van der Waals surface area contributed by atoms with E-state index in [1.54, 1.807) is 30.3 Å². The van der Waals surface area contributed by atoms with Gasteiger partial charge in [-0.15, -0.1) is 0 Å². The highest BCUT2D eigenvalue weighted by molar-refractivity contribution is 6.30. The lowest BCUT2D eigenvalue weighted by Crippen LogP contribution is -2.02. The summed E-state index contributed by atoms with van der Waals surface area (Å²) in [5.41, 5.74) is 0.541. The number of allylic oxidation sites excluding steroid dienone is 2. The third-order valence-electron chi connectivity index (χ3n) is 2.01. The summed E-state index contributed by atoms with van der Waals surface area (Å²) in [5, 5.41) is 18.8. The normalized spacial score (nSPS) is 11.6. The maximum atomic E-state index is 11.0. The Balaban J connectivity index is 2.98. The molecule has 1 aromatic carbocycles. The third kappa shape index (κ3) is 3.11. The van der Waals surface area contributed by atoms with E-state index in [1.165, 1.54) is 6.92 Å². The van der Waals surface area contributed by atoms with Crippen molar-refractivity contribution in [2.24, 2.45) is 0 Å². The van der Waals surface area contributed by atoms with E-state index in [4.69, 9.17) is 16.9 Å². The van der Waals surface area contributed by atoms with Gasteiger partial charge in [-0.2, -0.15) is 5.26 Å². The van der Waals surface area contributed by atoms with Crippen molar-refractivity contribution in [2.75, 3.05) is 0 Å². The molecule has 0 fully saturated rings. The smallest absolute Gasteiger partial charge is 0.173 e. The number of rotatable bonds is 3. The van der Waals surface area contributed by atoms with Gasteiger partial charge in [0.15, 0.2) is 5.78 Å². The molecule has 0 atom stereocenters. The number of Topliss-reactive ketones (excluding diaryl/α,β-unsaturated/α-hetero) is 1. The minimum absolute atomic E-state index is 0.128. The zero-order valence-electron chi connectivity index (χ0n) is 8.70. The average molecular weight is 236 g/mol. The number of aliphatic hydroxyl groups is 1. The lowest BCUT2D eigenvalue weighted by Gasteiger charge is -2.02. The molecule has 3 nitrogen and oxygen atoms in total. The van der Waals surface area contributed by atoms with Gasteiger partial charge in [-0.1, -0.05) is 23.7 Å². The molecule has 1 aromatic rings. The highest BCUT2D eigenvalue weighted by atomic mass is 35.5. The number of halogens is 1. The summed E-state index contributed by atoms with van der Waals surface area (Å²) in [7, 11) is 0. The number of benzene rings is 1. The van der Waals surface area contributed by atoms with Crippen molar-refractivity contribution in [3.63, 3.8) is 0 Å². The number of nitriles is 1. The number of carbonyl (C=O) groups is 1. The van der Waals surface area contributed by atoms with Gasteiger partial charge < -0.3 is 5.11 Å². The molecule has 16 heavy (non-hydrogen) atoms. The van der Waals surface area contributed by atoms with Crippen LogP contribution in [0.1, 0.15) is 12.5 Å². The van der Waals surface area contributed by atoms with Crippen molar-refractivity contribution in [3.8, 4) is 6.07 Å². The van der Waals surface area contributed by atoms with E-state index in [-0.39, 0.29) is 17.8 Å². The highest BCUT2D eigenvalue weighted by Crippen LogP contribution is 2.15. The lowest BCUT2D eigenvalue weighted by atomic mass is 10.1. The molecule has 1 N–H and O–H groups in total.